The van der Waals surface area contributed by atoms with Crippen molar-refractivity contribution in [1.29, 1.82) is 0 Å². The quantitative estimate of drug-likeness (QED) is 0.192. The molecular formula is C27H35ClN5O3P. The fourth-order valence-electron chi connectivity index (χ4n) is 3.84. The van der Waals surface area contributed by atoms with Gasteiger partial charge in [-0.15, -0.1) is 0 Å². The number of halogens is 1. The Labute approximate surface area is 224 Å². The minimum Gasteiger partial charge on any atom is -0.436 e. The second-order valence-corrected chi connectivity index (χ2v) is 11.0. The molecule has 3 N–H and O–H groups in total. The number of benzene rings is 2. The molecule has 0 saturated heterocycles. The van der Waals surface area contributed by atoms with Crippen molar-refractivity contribution >= 4 is 47.9 Å². The average Bonchev–Trinajstić information content (AvgIpc) is 3.22. The molecule has 0 saturated carbocycles. The number of hydrogen-bond donors (Lipinski definition) is 2. The molecular weight excluding hydrogens is 509 g/mol. The van der Waals surface area contributed by atoms with Gasteiger partial charge in [0.25, 0.3) is 0 Å². The van der Waals surface area contributed by atoms with Crippen molar-refractivity contribution in [3.05, 3.63) is 59.4 Å². The number of pyridine rings is 1. The lowest BCUT2D eigenvalue weighted by atomic mass is 10.1. The predicted octanol–water partition coefficient (Wildman–Crippen LogP) is 6.70. The molecule has 2 aromatic carbocycles. The van der Waals surface area contributed by atoms with E-state index in [2.05, 4.69) is 35.4 Å². The Balaban J connectivity index is 1.65. The van der Waals surface area contributed by atoms with Crippen molar-refractivity contribution in [3.63, 3.8) is 0 Å². The molecule has 2 heterocycles. The molecule has 4 rings (SSSR count). The molecule has 0 aliphatic rings. The molecule has 8 nitrogen and oxygen atoms in total. The molecule has 37 heavy (non-hydrogen) atoms. The van der Waals surface area contributed by atoms with Crippen LogP contribution in [0.15, 0.2) is 48.5 Å². The highest BCUT2D eigenvalue weighted by molar-refractivity contribution is 7.45. The minimum atomic E-state index is -1.44. The highest BCUT2D eigenvalue weighted by Crippen LogP contribution is 2.39. The third-order valence-electron chi connectivity index (χ3n) is 6.15. The summed E-state index contributed by atoms with van der Waals surface area (Å²) in [6.07, 6.45) is -0.212. The number of para-hydroxylation sites is 1. The maximum absolute atomic E-state index is 6.49. The Morgan fingerprint density at radius 3 is 2.49 bits per heavy atom. The summed E-state index contributed by atoms with van der Waals surface area (Å²) in [5.41, 5.74) is 8.76. The summed E-state index contributed by atoms with van der Waals surface area (Å²) >= 11 is 6.06. The standard InChI is InChI=1S/C27H35ClN5O3P/c1-6-34-16-24-31-25-26(22-9-7-8-10-23(22)30-27(25)29)33(24)15-18(4)35-37(32-19(5)17(2)3)36-21-13-11-20(28)12-14-21/h7-14,17-19,32H,6,15-16H2,1-5H3,(H2,29,30)/t18-,19+,37?/m1/s1. The number of nitrogens with zero attached hydrogens (tertiary/aromatic N) is 3. The van der Waals surface area contributed by atoms with Crippen LogP contribution in [0.5, 0.6) is 5.75 Å². The van der Waals surface area contributed by atoms with Crippen LogP contribution in [-0.4, -0.2) is 33.3 Å². The van der Waals surface area contributed by atoms with E-state index in [1.807, 2.05) is 50.2 Å². The zero-order valence-electron chi connectivity index (χ0n) is 21.9. The average molecular weight is 544 g/mol. The topological polar surface area (TPSA) is 96.5 Å². The number of aromatic nitrogens is 3. The summed E-state index contributed by atoms with van der Waals surface area (Å²) in [4.78, 5) is 9.38. The molecule has 10 heteroatoms. The maximum Gasteiger partial charge on any atom is 0.318 e. The molecule has 0 bridgehead atoms. The fraction of sp³-hybridized carbons (Fsp3) is 0.407. The zero-order valence-corrected chi connectivity index (χ0v) is 23.6. The van der Waals surface area contributed by atoms with E-state index in [-0.39, 0.29) is 12.1 Å². The van der Waals surface area contributed by atoms with Crippen LogP contribution in [0.1, 0.15) is 40.4 Å². The molecule has 2 aromatic heterocycles. The van der Waals surface area contributed by atoms with E-state index in [0.29, 0.717) is 47.8 Å². The van der Waals surface area contributed by atoms with Crippen LogP contribution in [-0.2, 0) is 22.4 Å². The number of ether oxygens (including phenoxy) is 1. The molecule has 0 radical (unpaired) electrons. The molecule has 0 amide bonds. The van der Waals surface area contributed by atoms with E-state index < -0.39 is 8.53 Å². The lowest BCUT2D eigenvalue weighted by Crippen LogP contribution is -2.30. The molecule has 0 aliphatic carbocycles. The third-order valence-corrected chi connectivity index (χ3v) is 7.95. The molecule has 0 fully saturated rings. The normalized spacial score (nSPS) is 14.4. The number of rotatable bonds is 12. The van der Waals surface area contributed by atoms with E-state index >= 15 is 0 Å². The SMILES string of the molecule is CCOCc1nc2c(N)nc3ccccc3c2n1C[C@@H](C)OP(N[C@@H](C)C(C)C)Oc1ccc(Cl)cc1. The summed E-state index contributed by atoms with van der Waals surface area (Å²) < 4.78 is 20.6. The van der Waals surface area contributed by atoms with Crippen molar-refractivity contribution in [3.8, 4) is 5.75 Å². The molecule has 3 atom stereocenters. The Bertz CT molecular complexity index is 1330. The number of fused-ring (bicyclic) bond motifs is 3. The Hall–Kier alpha value is -2.48. The van der Waals surface area contributed by atoms with Crippen molar-refractivity contribution in [2.75, 3.05) is 12.3 Å². The second-order valence-electron chi connectivity index (χ2n) is 9.37. The van der Waals surface area contributed by atoms with Gasteiger partial charge in [-0.2, -0.15) is 0 Å². The van der Waals surface area contributed by atoms with Gasteiger partial charge in [-0.3, -0.25) is 0 Å². The molecule has 0 aliphatic heterocycles. The lowest BCUT2D eigenvalue weighted by Gasteiger charge is -2.27. The summed E-state index contributed by atoms with van der Waals surface area (Å²) in [5.74, 6) is 2.29. The van der Waals surface area contributed by atoms with Crippen LogP contribution >= 0.6 is 20.1 Å². The first-order chi connectivity index (χ1) is 17.8. The molecule has 198 valence electrons. The first-order valence-electron chi connectivity index (χ1n) is 12.5. The minimum absolute atomic E-state index is 0.197. The van der Waals surface area contributed by atoms with Gasteiger partial charge in [0, 0.05) is 23.1 Å². The number of imidazole rings is 1. The summed E-state index contributed by atoms with van der Waals surface area (Å²) in [7, 11) is -1.44. The molecule has 4 aromatic rings. The van der Waals surface area contributed by atoms with Crippen LogP contribution < -0.4 is 15.3 Å². The van der Waals surface area contributed by atoms with Crippen LogP contribution in [0, 0.1) is 5.92 Å². The first kappa shape index (κ1) is 27.6. The van der Waals surface area contributed by atoms with Crippen LogP contribution in [0.25, 0.3) is 21.9 Å². The number of anilines is 1. The lowest BCUT2D eigenvalue weighted by molar-refractivity contribution is 0.122. The van der Waals surface area contributed by atoms with Gasteiger partial charge < -0.3 is 24.1 Å². The van der Waals surface area contributed by atoms with E-state index in [1.165, 1.54) is 0 Å². The summed E-state index contributed by atoms with van der Waals surface area (Å²) in [6, 6.07) is 15.5. The van der Waals surface area contributed by atoms with E-state index in [9.17, 15) is 0 Å². The monoisotopic (exact) mass is 543 g/mol. The van der Waals surface area contributed by atoms with Crippen molar-refractivity contribution in [2.24, 2.45) is 5.92 Å². The molecule has 1 unspecified atom stereocenters. The van der Waals surface area contributed by atoms with Crippen molar-refractivity contribution in [2.45, 2.75) is 59.9 Å². The van der Waals surface area contributed by atoms with Gasteiger partial charge in [0.1, 0.15) is 23.7 Å². The predicted molar refractivity (Wildman–Crippen MR) is 152 cm³/mol. The van der Waals surface area contributed by atoms with E-state index in [1.54, 1.807) is 12.1 Å². The van der Waals surface area contributed by atoms with Crippen LogP contribution in [0.2, 0.25) is 5.02 Å². The highest BCUT2D eigenvalue weighted by atomic mass is 35.5. The summed E-state index contributed by atoms with van der Waals surface area (Å²) in [6.45, 7) is 11.9. The molecule has 0 spiro atoms. The van der Waals surface area contributed by atoms with Gasteiger partial charge in [0.2, 0.25) is 0 Å². The third kappa shape index (κ3) is 6.70. The fourth-order valence-corrected chi connectivity index (χ4v) is 5.46. The maximum atomic E-state index is 6.49. The largest absolute Gasteiger partial charge is 0.436 e. The van der Waals surface area contributed by atoms with Gasteiger partial charge in [0.05, 0.1) is 23.7 Å². The van der Waals surface area contributed by atoms with Gasteiger partial charge in [-0.1, -0.05) is 43.6 Å². The Morgan fingerprint density at radius 2 is 1.78 bits per heavy atom. The van der Waals surface area contributed by atoms with Crippen LogP contribution in [0.4, 0.5) is 5.82 Å². The highest BCUT2D eigenvalue weighted by Gasteiger charge is 2.24. The van der Waals surface area contributed by atoms with Crippen LogP contribution in [0.3, 0.4) is 0 Å². The van der Waals surface area contributed by atoms with Gasteiger partial charge >= 0.3 is 8.53 Å². The van der Waals surface area contributed by atoms with Gasteiger partial charge in [-0.25, -0.2) is 15.1 Å². The number of nitrogen functional groups attached to an aromatic ring is 1. The number of hydrogen-bond acceptors (Lipinski definition) is 7. The van der Waals surface area contributed by atoms with E-state index in [4.69, 9.17) is 36.1 Å². The van der Waals surface area contributed by atoms with Gasteiger partial charge in [-0.05, 0) is 57.0 Å². The Morgan fingerprint density at radius 1 is 1.05 bits per heavy atom. The van der Waals surface area contributed by atoms with E-state index in [0.717, 1.165) is 22.2 Å². The zero-order chi connectivity index (χ0) is 26.5. The van der Waals surface area contributed by atoms with Crippen molar-refractivity contribution < 1.29 is 13.8 Å². The Kier molecular flexibility index (Phi) is 9.22. The number of nitrogens with one attached hydrogen (secondary N) is 1. The first-order valence-corrected chi connectivity index (χ1v) is 14.1. The second kappa shape index (κ2) is 12.4. The van der Waals surface area contributed by atoms with Gasteiger partial charge in [0.15, 0.2) is 5.82 Å². The summed E-state index contributed by atoms with van der Waals surface area (Å²) in [5, 5.41) is 5.17. The smallest absolute Gasteiger partial charge is 0.318 e. The van der Waals surface area contributed by atoms with Crippen molar-refractivity contribution in [1.82, 2.24) is 19.6 Å². The number of nitrogens with two attached hydrogens (primary N) is 1.